The molecular formula is C28H43FN2O. The Hall–Kier alpha value is -1.19. The van der Waals surface area contributed by atoms with Crippen molar-refractivity contribution in [3.05, 3.63) is 11.3 Å². The Labute approximate surface area is 193 Å². The van der Waals surface area contributed by atoms with E-state index in [1.54, 1.807) is 0 Å². The highest BCUT2D eigenvalue weighted by Gasteiger charge is 2.62. The van der Waals surface area contributed by atoms with Gasteiger partial charge in [0.05, 0.1) is 6.54 Å². The fourth-order valence-electron chi connectivity index (χ4n) is 9.13. The molecule has 3 nitrogen and oxygen atoms in total. The van der Waals surface area contributed by atoms with Crippen molar-refractivity contribution in [2.45, 2.75) is 103 Å². The molecule has 0 spiro atoms. The summed E-state index contributed by atoms with van der Waals surface area (Å²) in [7, 11) is 0. The smallest absolute Gasteiger partial charge is 0.155 e. The summed E-state index contributed by atoms with van der Waals surface area (Å²) in [6.45, 7) is 5.08. The quantitative estimate of drug-likeness (QED) is 0.470. The van der Waals surface area contributed by atoms with Crippen LogP contribution in [-0.4, -0.2) is 24.2 Å². The molecule has 32 heavy (non-hydrogen) atoms. The van der Waals surface area contributed by atoms with E-state index in [1.165, 1.54) is 12.6 Å². The number of halogens is 1. The molecule has 5 rings (SSSR count). The van der Waals surface area contributed by atoms with Crippen molar-refractivity contribution in [3.63, 3.8) is 0 Å². The number of alkyl halides is 1. The lowest BCUT2D eigenvalue weighted by Crippen LogP contribution is -2.56. The van der Waals surface area contributed by atoms with E-state index < -0.39 is 5.67 Å². The monoisotopic (exact) mass is 442 g/mol. The lowest BCUT2D eigenvalue weighted by molar-refractivity contribution is -0.145. The van der Waals surface area contributed by atoms with Crippen LogP contribution < -0.4 is 5.32 Å². The molecule has 0 bridgehead atoms. The third kappa shape index (κ3) is 3.59. The summed E-state index contributed by atoms with van der Waals surface area (Å²) in [5, 5.41) is 11.1. The normalized spacial score (nSPS) is 46.1. The molecular weight excluding hydrogens is 399 g/mol. The van der Waals surface area contributed by atoms with E-state index in [2.05, 4.69) is 19.2 Å². The van der Waals surface area contributed by atoms with E-state index in [0.717, 1.165) is 88.3 Å². The summed E-state index contributed by atoms with van der Waals surface area (Å²) in [5.41, 5.74) is 1.31. The summed E-state index contributed by atoms with van der Waals surface area (Å²) in [4.78, 5) is 13.4. The van der Waals surface area contributed by atoms with Crippen LogP contribution in [0, 0.1) is 46.3 Å². The summed E-state index contributed by atoms with van der Waals surface area (Å²) >= 11 is 0. The van der Waals surface area contributed by atoms with Gasteiger partial charge in [-0.15, -0.1) is 0 Å². The molecule has 0 aromatic carbocycles. The number of carbonyl (C=O) groups is 1. The number of Topliss-reactive ketones (excluding diaryl/α,β-unsaturated/α-hetero) is 1. The van der Waals surface area contributed by atoms with Gasteiger partial charge in [-0.1, -0.05) is 13.8 Å². The minimum absolute atomic E-state index is 0.0520. The van der Waals surface area contributed by atoms with Crippen molar-refractivity contribution < 1.29 is 9.18 Å². The number of hydrogen-bond acceptors (Lipinski definition) is 3. The van der Waals surface area contributed by atoms with Gasteiger partial charge in [-0.05, 0) is 124 Å². The van der Waals surface area contributed by atoms with Crippen molar-refractivity contribution in [1.29, 1.82) is 5.41 Å². The maximum atomic E-state index is 16.5. The molecule has 178 valence electrons. The third-order valence-corrected chi connectivity index (χ3v) is 10.8. The Balaban J connectivity index is 1.28. The first-order chi connectivity index (χ1) is 15.4. The largest absolute Gasteiger partial charge is 0.381 e. The van der Waals surface area contributed by atoms with Gasteiger partial charge in [0.2, 0.25) is 0 Å². The number of fused-ring (bicyclic) bond motifs is 5. The third-order valence-electron chi connectivity index (χ3n) is 10.8. The minimum Gasteiger partial charge on any atom is -0.381 e. The van der Waals surface area contributed by atoms with Crippen molar-refractivity contribution in [2.24, 2.45) is 40.9 Å². The number of ketones is 1. The number of nitrogens with one attached hydrogen (secondary N) is 2. The molecule has 0 heterocycles. The topological polar surface area (TPSA) is 53.0 Å². The maximum Gasteiger partial charge on any atom is 0.155 e. The second-order valence-electron chi connectivity index (χ2n) is 12.3. The maximum absolute atomic E-state index is 16.5. The number of hydrogen-bond donors (Lipinski definition) is 2. The molecule has 0 saturated heterocycles. The van der Waals surface area contributed by atoms with Gasteiger partial charge in [0.15, 0.2) is 5.78 Å². The SMILES string of the molecule is CC1CCC2(F)C(CCC3C4CCC(C(=O)CNC5=C(C=N)CCCC5)C4(C)CCC32)C1. The van der Waals surface area contributed by atoms with Crippen LogP contribution in [0.4, 0.5) is 4.39 Å². The Morgan fingerprint density at radius 2 is 1.91 bits per heavy atom. The minimum atomic E-state index is -0.934. The summed E-state index contributed by atoms with van der Waals surface area (Å²) in [5.74, 6) is 2.68. The predicted octanol–water partition coefficient (Wildman–Crippen LogP) is 6.62. The van der Waals surface area contributed by atoms with E-state index >= 15 is 4.39 Å². The van der Waals surface area contributed by atoms with Crippen molar-refractivity contribution in [1.82, 2.24) is 5.32 Å². The lowest BCUT2D eigenvalue weighted by Gasteiger charge is -2.58. The van der Waals surface area contributed by atoms with Gasteiger partial charge >= 0.3 is 0 Å². The number of carbonyl (C=O) groups excluding carboxylic acids is 1. The number of allylic oxidation sites excluding steroid dienone is 2. The van der Waals surface area contributed by atoms with Gasteiger partial charge in [-0.25, -0.2) is 4.39 Å². The zero-order valence-corrected chi connectivity index (χ0v) is 20.2. The Morgan fingerprint density at radius 3 is 2.72 bits per heavy atom. The summed E-state index contributed by atoms with van der Waals surface area (Å²) < 4.78 is 16.5. The molecule has 4 saturated carbocycles. The molecule has 0 radical (unpaired) electrons. The Kier molecular flexibility index (Phi) is 6.03. The first-order valence-corrected chi connectivity index (χ1v) is 13.5. The average molecular weight is 443 g/mol. The van der Waals surface area contributed by atoms with E-state index in [-0.39, 0.29) is 23.2 Å². The van der Waals surface area contributed by atoms with Gasteiger partial charge < -0.3 is 10.7 Å². The zero-order valence-electron chi connectivity index (χ0n) is 20.2. The molecule has 0 aromatic heterocycles. The lowest BCUT2D eigenvalue weighted by atomic mass is 9.48. The van der Waals surface area contributed by atoms with Gasteiger partial charge in [0.1, 0.15) is 5.67 Å². The second-order valence-corrected chi connectivity index (χ2v) is 12.3. The number of rotatable bonds is 5. The van der Waals surface area contributed by atoms with Crippen LogP contribution in [0.1, 0.15) is 97.3 Å². The predicted molar refractivity (Wildman–Crippen MR) is 127 cm³/mol. The van der Waals surface area contributed by atoms with Crippen LogP contribution in [0.3, 0.4) is 0 Å². The van der Waals surface area contributed by atoms with E-state index in [9.17, 15) is 4.79 Å². The molecule has 0 aromatic rings. The summed E-state index contributed by atoms with van der Waals surface area (Å²) in [6.07, 6.45) is 14.9. The highest BCUT2D eigenvalue weighted by atomic mass is 19.1. The standard InChI is InChI=1S/C28H43FN2O/c1-18-11-14-28(29)20(15-18)7-8-21-22-9-10-24(27(22,2)13-12-23(21)28)26(32)17-31-25-6-4-3-5-19(25)16-30/h16,18,20-24,30-31H,3-15,17H2,1-2H3. The van der Waals surface area contributed by atoms with Crippen molar-refractivity contribution in [3.8, 4) is 0 Å². The van der Waals surface area contributed by atoms with Gasteiger partial charge in [0, 0.05) is 17.8 Å². The fourth-order valence-corrected chi connectivity index (χ4v) is 9.13. The highest BCUT2D eigenvalue weighted by Crippen LogP contribution is 2.66. The molecule has 5 aliphatic rings. The first-order valence-electron chi connectivity index (χ1n) is 13.5. The molecule has 8 atom stereocenters. The van der Waals surface area contributed by atoms with Crippen molar-refractivity contribution in [2.75, 3.05) is 6.54 Å². The van der Waals surface area contributed by atoms with Gasteiger partial charge in [-0.2, -0.15) is 0 Å². The first kappa shape index (κ1) is 22.6. The van der Waals surface area contributed by atoms with Crippen LogP contribution in [0.5, 0.6) is 0 Å². The van der Waals surface area contributed by atoms with Crippen LogP contribution >= 0.6 is 0 Å². The molecule has 0 amide bonds. The highest BCUT2D eigenvalue weighted by molar-refractivity contribution is 5.85. The average Bonchev–Trinajstić information content (AvgIpc) is 3.15. The molecule has 2 N–H and O–H groups in total. The molecule has 5 aliphatic carbocycles. The van der Waals surface area contributed by atoms with Gasteiger partial charge in [0.25, 0.3) is 0 Å². The van der Waals surface area contributed by atoms with E-state index in [1.807, 2.05) is 0 Å². The van der Waals surface area contributed by atoms with E-state index in [0.29, 0.717) is 30.1 Å². The molecule has 4 fully saturated rings. The molecule has 8 unspecified atom stereocenters. The Morgan fingerprint density at radius 1 is 1.09 bits per heavy atom. The van der Waals surface area contributed by atoms with Crippen molar-refractivity contribution >= 4 is 12.0 Å². The fraction of sp³-hybridized carbons (Fsp3) is 0.857. The van der Waals surface area contributed by atoms with Gasteiger partial charge in [-0.3, -0.25) is 4.79 Å². The Bertz CT molecular complexity index is 792. The van der Waals surface area contributed by atoms with Crippen LogP contribution in [0.2, 0.25) is 0 Å². The van der Waals surface area contributed by atoms with E-state index in [4.69, 9.17) is 5.41 Å². The zero-order chi connectivity index (χ0) is 22.5. The van der Waals surface area contributed by atoms with Crippen LogP contribution in [0.25, 0.3) is 0 Å². The molecule has 0 aliphatic heterocycles. The van der Waals surface area contributed by atoms with Crippen LogP contribution in [0.15, 0.2) is 11.3 Å². The van der Waals surface area contributed by atoms with Crippen LogP contribution in [-0.2, 0) is 4.79 Å². The second kappa shape index (κ2) is 8.55. The molecule has 4 heteroatoms. The summed E-state index contributed by atoms with van der Waals surface area (Å²) in [6, 6.07) is 0.